The molecule has 2 heteroatoms. The second-order valence-corrected chi connectivity index (χ2v) is 4.72. The zero-order valence-electron chi connectivity index (χ0n) is 10.4. The standard InChI is InChI=1S/C14H21NO/c1-10-8-12(16-3)5-7-13(10)14-6-4-11(14)9-15-2/h5,7-8,11,14-15H,4,6,9H2,1-3H3. The fraction of sp³-hybridized carbons (Fsp3) is 0.571. The Labute approximate surface area is 98.0 Å². The van der Waals surface area contributed by atoms with E-state index in [-0.39, 0.29) is 0 Å². The summed E-state index contributed by atoms with van der Waals surface area (Å²) >= 11 is 0. The lowest BCUT2D eigenvalue weighted by Gasteiger charge is -2.38. The molecule has 88 valence electrons. The Bertz CT molecular complexity index is 362. The molecule has 2 atom stereocenters. The number of aryl methyl sites for hydroxylation is 1. The minimum absolute atomic E-state index is 0.748. The summed E-state index contributed by atoms with van der Waals surface area (Å²) in [7, 11) is 3.76. The molecule has 0 spiro atoms. The van der Waals surface area contributed by atoms with Crippen molar-refractivity contribution in [2.45, 2.75) is 25.7 Å². The quantitative estimate of drug-likeness (QED) is 0.840. The maximum Gasteiger partial charge on any atom is 0.119 e. The van der Waals surface area contributed by atoms with Gasteiger partial charge in [0.2, 0.25) is 0 Å². The van der Waals surface area contributed by atoms with Crippen LogP contribution in [0.25, 0.3) is 0 Å². The molecule has 1 N–H and O–H groups in total. The van der Waals surface area contributed by atoms with E-state index in [1.54, 1.807) is 7.11 Å². The van der Waals surface area contributed by atoms with Crippen LogP contribution >= 0.6 is 0 Å². The molecule has 2 rings (SSSR count). The van der Waals surface area contributed by atoms with Crippen LogP contribution in [-0.4, -0.2) is 20.7 Å². The fourth-order valence-corrected chi connectivity index (χ4v) is 2.68. The molecule has 0 heterocycles. The predicted molar refractivity (Wildman–Crippen MR) is 67.1 cm³/mol. The SMILES string of the molecule is CNCC1CCC1c1ccc(OC)cc1C. The average molecular weight is 219 g/mol. The van der Waals surface area contributed by atoms with E-state index in [9.17, 15) is 0 Å². The van der Waals surface area contributed by atoms with Gasteiger partial charge in [0.15, 0.2) is 0 Å². The Morgan fingerprint density at radius 3 is 2.69 bits per heavy atom. The summed E-state index contributed by atoms with van der Waals surface area (Å²) in [6.45, 7) is 3.32. The van der Waals surface area contributed by atoms with Gasteiger partial charge in [0.05, 0.1) is 7.11 Å². The van der Waals surface area contributed by atoms with E-state index >= 15 is 0 Å². The van der Waals surface area contributed by atoms with Crippen molar-refractivity contribution in [2.24, 2.45) is 5.92 Å². The van der Waals surface area contributed by atoms with Crippen LogP contribution in [0.1, 0.15) is 29.9 Å². The van der Waals surface area contributed by atoms with Crippen molar-refractivity contribution in [3.05, 3.63) is 29.3 Å². The van der Waals surface area contributed by atoms with E-state index < -0.39 is 0 Å². The van der Waals surface area contributed by atoms with E-state index in [4.69, 9.17) is 4.74 Å². The van der Waals surface area contributed by atoms with Gasteiger partial charge in [0.1, 0.15) is 5.75 Å². The monoisotopic (exact) mass is 219 g/mol. The first-order valence-corrected chi connectivity index (χ1v) is 6.05. The van der Waals surface area contributed by atoms with Crippen LogP contribution in [0.15, 0.2) is 18.2 Å². The number of benzene rings is 1. The van der Waals surface area contributed by atoms with Gasteiger partial charge in [-0.15, -0.1) is 0 Å². The molecule has 1 aliphatic rings. The molecule has 0 aliphatic heterocycles. The summed E-state index contributed by atoms with van der Waals surface area (Å²) in [6, 6.07) is 6.46. The molecule has 1 aromatic rings. The molecule has 0 amide bonds. The Hall–Kier alpha value is -1.02. The minimum atomic E-state index is 0.748. The third-order valence-electron chi connectivity index (χ3n) is 3.76. The van der Waals surface area contributed by atoms with Crippen LogP contribution < -0.4 is 10.1 Å². The number of hydrogen-bond acceptors (Lipinski definition) is 2. The molecule has 2 nitrogen and oxygen atoms in total. The van der Waals surface area contributed by atoms with Crippen LogP contribution in [0.5, 0.6) is 5.75 Å². The number of hydrogen-bond donors (Lipinski definition) is 1. The van der Waals surface area contributed by atoms with Gasteiger partial charge in [-0.1, -0.05) is 6.07 Å². The lowest BCUT2D eigenvalue weighted by molar-refractivity contribution is 0.250. The second-order valence-electron chi connectivity index (χ2n) is 4.72. The smallest absolute Gasteiger partial charge is 0.119 e. The molecule has 1 saturated carbocycles. The summed E-state index contributed by atoms with van der Waals surface area (Å²) in [5.41, 5.74) is 2.87. The zero-order chi connectivity index (χ0) is 11.5. The lowest BCUT2D eigenvalue weighted by atomic mass is 9.69. The van der Waals surface area contributed by atoms with Crippen LogP contribution in [0, 0.1) is 12.8 Å². The van der Waals surface area contributed by atoms with Crippen LogP contribution in [-0.2, 0) is 0 Å². The first kappa shape index (κ1) is 11.5. The number of nitrogens with one attached hydrogen (secondary N) is 1. The Balaban J connectivity index is 2.14. The lowest BCUT2D eigenvalue weighted by Crippen LogP contribution is -2.32. The Morgan fingerprint density at radius 2 is 2.19 bits per heavy atom. The third-order valence-corrected chi connectivity index (χ3v) is 3.76. The number of methoxy groups -OCH3 is 1. The zero-order valence-corrected chi connectivity index (χ0v) is 10.4. The van der Waals surface area contributed by atoms with Crippen molar-refractivity contribution in [3.8, 4) is 5.75 Å². The van der Waals surface area contributed by atoms with Gasteiger partial charge >= 0.3 is 0 Å². The van der Waals surface area contributed by atoms with Crippen LogP contribution in [0.2, 0.25) is 0 Å². The van der Waals surface area contributed by atoms with E-state index in [2.05, 4.69) is 30.4 Å². The maximum atomic E-state index is 5.24. The first-order valence-electron chi connectivity index (χ1n) is 6.05. The summed E-state index contributed by atoms with van der Waals surface area (Å²) < 4.78 is 5.24. The van der Waals surface area contributed by atoms with Crippen molar-refractivity contribution in [1.29, 1.82) is 0 Å². The van der Waals surface area contributed by atoms with Crippen molar-refractivity contribution in [2.75, 3.05) is 20.7 Å². The third kappa shape index (κ3) is 2.07. The number of ether oxygens (including phenoxy) is 1. The highest BCUT2D eigenvalue weighted by molar-refractivity contribution is 5.38. The van der Waals surface area contributed by atoms with Gasteiger partial charge in [-0.2, -0.15) is 0 Å². The second kappa shape index (κ2) is 4.88. The van der Waals surface area contributed by atoms with E-state index in [0.717, 1.165) is 24.1 Å². The van der Waals surface area contributed by atoms with Gasteiger partial charge in [-0.25, -0.2) is 0 Å². The van der Waals surface area contributed by atoms with Crippen molar-refractivity contribution in [1.82, 2.24) is 5.32 Å². The molecule has 2 unspecified atom stereocenters. The average Bonchev–Trinajstić information content (AvgIpc) is 2.27. The fourth-order valence-electron chi connectivity index (χ4n) is 2.68. The highest BCUT2D eigenvalue weighted by atomic mass is 16.5. The molecular weight excluding hydrogens is 198 g/mol. The van der Waals surface area contributed by atoms with E-state index in [0.29, 0.717) is 0 Å². The normalized spacial score (nSPS) is 23.9. The molecule has 1 aromatic carbocycles. The van der Waals surface area contributed by atoms with Gasteiger partial charge < -0.3 is 10.1 Å². The Kier molecular flexibility index (Phi) is 3.49. The molecule has 1 aliphatic carbocycles. The van der Waals surface area contributed by atoms with Crippen LogP contribution in [0.4, 0.5) is 0 Å². The van der Waals surface area contributed by atoms with Crippen molar-refractivity contribution < 1.29 is 4.74 Å². The van der Waals surface area contributed by atoms with Gasteiger partial charge in [0, 0.05) is 0 Å². The molecule has 0 aromatic heterocycles. The molecule has 16 heavy (non-hydrogen) atoms. The largest absolute Gasteiger partial charge is 0.497 e. The molecule has 1 fully saturated rings. The minimum Gasteiger partial charge on any atom is -0.497 e. The van der Waals surface area contributed by atoms with Gasteiger partial charge in [0.25, 0.3) is 0 Å². The van der Waals surface area contributed by atoms with Crippen molar-refractivity contribution >= 4 is 0 Å². The Morgan fingerprint density at radius 1 is 1.38 bits per heavy atom. The summed E-state index contributed by atoms with van der Waals surface area (Å²) in [5.74, 6) is 2.53. The maximum absolute atomic E-state index is 5.24. The summed E-state index contributed by atoms with van der Waals surface area (Å²) in [6.07, 6.45) is 2.69. The predicted octanol–water partition coefficient (Wildman–Crippen LogP) is 2.72. The topological polar surface area (TPSA) is 21.3 Å². The summed E-state index contributed by atoms with van der Waals surface area (Å²) in [4.78, 5) is 0. The van der Waals surface area contributed by atoms with Crippen LogP contribution in [0.3, 0.4) is 0 Å². The van der Waals surface area contributed by atoms with Gasteiger partial charge in [-0.3, -0.25) is 0 Å². The molecule has 0 radical (unpaired) electrons. The molecule has 0 bridgehead atoms. The molecule has 0 saturated heterocycles. The highest BCUT2D eigenvalue weighted by Crippen LogP contribution is 2.43. The number of rotatable bonds is 4. The highest BCUT2D eigenvalue weighted by Gasteiger charge is 2.32. The van der Waals surface area contributed by atoms with E-state index in [1.165, 1.54) is 24.0 Å². The van der Waals surface area contributed by atoms with E-state index in [1.807, 2.05) is 7.05 Å². The van der Waals surface area contributed by atoms with Gasteiger partial charge in [-0.05, 0) is 68.5 Å². The molecular formula is C14H21NO. The van der Waals surface area contributed by atoms with Crippen molar-refractivity contribution in [3.63, 3.8) is 0 Å². The summed E-state index contributed by atoms with van der Waals surface area (Å²) in [5, 5.41) is 3.29. The first-order chi connectivity index (χ1) is 7.76.